The number of methoxy groups -OCH3 is 1. The summed E-state index contributed by atoms with van der Waals surface area (Å²) < 4.78 is 10.2. The summed E-state index contributed by atoms with van der Waals surface area (Å²) in [5, 5.41) is 9.50. The van der Waals surface area contributed by atoms with Gasteiger partial charge in [0.25, 0.3) is 0 Å². The minimum Gasteiger partial charge on any atom is -0.495 e. The molecule has 0 saturated heterocycles. The number of esters is 1. The van der Waals surface area contributed by atoms with Crippen LogP contribution in [-0.2, 0) is 21.3 Å². The zero-order valence-corrected chi connectivity index (χ0v) is 11.9. The third-order valence-corrected chi connectivity index (χ3v) is 3.02. The molecular weight excluding hydrogens is 298 g/mol. The molecule has 5 heteroatoms. The minimum atomic E-state index is -0.286. The molecule has 96 valence electrons. The molecule has 1 aromatic carbocycles. The number of hydrogen-bond donors (Lipinski definition) is 0. The largest absolute Gasteiger partial charge is 0.495 e. The Bertz CT molecular complexity index is 480. The highest BCUT2D eigenvalue weighted by atomic mass is 79.9. The van der Waals surface area contributed by atoms with Gasteiger partial charge < -0.3 is 9.47 Å². The first-order valence-corrected chi connectivity index (χ1v) is 6.60. The average molecular weight is 312 g/mol. The zero-order valence-electron chi connectivity index (χ0n) is 10.3. The van der Waals surface area contributed by atoms with Crippen molar-refractivity contribution >= 4 is 21.9 Å². The van der Waals surface area contributed by atoms with Crippen molar-refractivity contribution in [1.29, 1.82) is 5.26 Å². The van der Waals surface area contributed by atoms with E-state index in [0.717, 1.165) is 11.1 Å². The number of halogens is 1. The number of ether oxygens (including phenoxy) is 2. The Balaban J connectivity index is 3.13. The van der Waals surface area contributed by atoms with Gasteiger partial charge in [-0.15, -0.1) is 0 Å². The van der Waals surface area contributed by atoms with Gasteiger partial charge in [0, 0.05) is 10.9 Å². The predicted molar refractivity (Wildman–Crippen MR) is 70.7 cm³/mol. The van der Waals surface area contributed by atoms with E-state index in [0.29, 0.717) is 23.2 Å². The highest BCUT2D eigenvalue weighted by Crippen LogP contribution is 2.29. The SMILES string of the molecule is CCOC(=O)Cc1ccc(C#N)c(OC)c1CBr. The van der Waals surface area contributed by atoms with Crippen LogP contribution < -0.4 is 4.74 Å². The smallest absolute Gasteiger partial charge is 0.310 e. The van der Waals surface area contributed by atoms with Crippen molar-refractivity contribution in [2.75, 3.05) is 13.7 Å². The predicted octanol–water partition coefficient (Wildman–Crippen LogP) is 2.57. The van der Waals surface area contributed by atoms with Crippen LogP contribution in [0.2, 0.25) is 0 Å². The van der Waals surface area contributed by atoms with Gasteiger partial charge in [0.05, 0.1) is 25.7 Å². The molecule has 0 aliphatic heterocycles. The Morgan fingerprint density at radius 1 is 1.50 bits per heavy atom. The Kier molecular flexibility index (Phi) is 5.66. The van der Waals surface area contributed by atoms with Crippen LogP contribution in [0.3, 0.4) is 0 Å². The maximum absolute atomic E-state index is 11.5. The maximum Gasteiger partial charge on any atom is 0.310 e. The van der Waals surface area contributed by atoms with Crippen molar-refractivity contribution in [2.24, 2.45) is 0 Å². The summed E-state index contributed by atoms with van der Waals surface area (Å²) >= 11 is 3.35. The molecule has 4 nitrogen and oxygen atoms in total. The van der Waals surface area contributed by atoms with Gasteiger partial charge in [0.2, 0.25) is 0 Å². The fourth-order valence-corrected chi connectivity index (χ4v) is 2.28. The number of rotatable bonds is 5. The quantitative estimate of drug-likeness (QED) is 0.619. The van der Waals surface area contributed by atoms with Crippen molar-refractivity contribution in [2.45, 2.75) is 18.7 Å². The molecule has 1 aromatic rings. The van der Waals surface area contributed by atoms with E-state index in [1.165, 1.54) is 7.11 Å². The molecule has 0 N–H and O–H groups in total. The molecule has 0 amide bonds. The van der Waals surface area contributed by atoms with E-state index in [-0.39, 0.29) is 12.4 Å². The number of carbonyl (C=O) groups excluding carboxylic acids is 1. The van der Waals surface area contributed by atoms with E-state index in [1.807, 2.05) is 0 Å². The number of hydrogen-bond acceptors (Lipinski definition) is 4. The molecule has 0 saturated carbocycles. The van der Waals surface area contributed by atoms with Crippen molar-refractivity contribution < 1.29 is 14.3 Å². The topological polar surface area (TPSA) is 59.3 Å². The fourth-order valence-electron chi connectivity index (χ4n) is 1.67. The molecule has 0 fully saturated rings. The van der Waals surface area contributed by atoms with Gasteiger partial charge in [0.1, 0.15) is 11.8 Å². The summed E-state index contributed by atoms with van der Waals surface area (Å²) in [5.41, 5.74) is 2.07. The summed E-state index contributed by atoms with van der Waals surface area (Å²) in [6, 6.07) is 5.48. The van der Waals surface area contributed by atoms with E-state index in [4.69, 9.17) is 14.7 Å². The molecule has 0 unspecified atom stereocenters. The summed E-state index contributed by atoms with van der Waals surface area (Å²) in [4.78, 5) is 11.5. The van der Waals surface area contributed by atoms with Crippen LogP contribution in [-0.4, -0.2) is 19.7 Å². The lowest BCUT2D eigenvalue weighted by atomic mass is 10.0. The third-order valence-electron chi connectivity index (χ3n) is 2.46. The van der Waals surface area contributed by atoms with Gasteiger partial charge in [-0.1, -0.05) is 22.0 Å². The van der Waals surface area contributed by atoms with Crippen LogP contribution in [0.4, 0.5) is 0 Å². The van der Waals surface area contributed by atoms with Crippen LogP contribution in [0.15, 0.2) is 12.1 Å². The summed E-state index contributed by atoms with van der Waals surface area (Å²) in [5.74, 6) is 0.225. The van der Waals surface area contributed by atoms with Crippen molar-refractivity contribution in [3.63, 3.8) is 0 Å². The Morgan fingerprint density at radius 3 is 2.72 bits per heavy atom. The molecule has 0 aliphatic carbocycles. The van der Waals surface area contributed by atoms with Gasteiger partial charge in [-0.3, -0.25) is 4.79 Å². The van der Waals surface area contributed by atoms with E-state index in [9.17, 15) is 4.79 Å². The zero-order chi connectivity index (χ0) is 13.5. The molecule has 1 rings (SSSR count). The first-order chi connectivity index (χ1) is 8.67. The van der Waals surface area contributed by atoms with Crippen LogP contribution >= 0.6 is 15.9 Å². The van der Waals surface area contributed by atoms with Crippen LogP contribution in [0.5, 0.6) is 5.75 Å². The Morgan fingerprint density at radius 2 is 2.22 bits per heavy atom. The number of nitriles is 1. The second-order valence-corrected chi connectivity index (χ2v) is 4.07. The van der Waals surface area contributed by atoms with E-state index < -0.39 is 0 Å². The Hall–Kier alpha value is -1.54. The van der Waals surface area contributed by atoms with Crippen molar-refractivity contribution in [1.82, 2.24) is 0 Å². The lowest BCUT2D eigenvalue weighted by Gasteiger charge is -2.13. The van der Waals surface area contributed by atoms with E-state index in [1.54, 1.807) is 19.1 Å². The first-order valence-electron chi connectivity index (χ1n) is 5.48. The molecule has 0 bridgehead atoms. The number of nitrogens with zero attached hydrogens (tertiary/aromatic N) is 1. The molecule has 18 heavy (non-hydrogen) atoms. The van der Waals surface area contributed by atoms with Crippen LogP contribution in [0, 0.1) is 11.3 Å². The molecule has 0 spiro atoms. The minimum absolute atomic E-state index is 0.177. The lowest BCUT2D eigenvalue weighted by Crippen LogP contribution is -2.10. The summed E-state index contributed by atoms with van der Waals surface area (Å²) in [6.45, 7) is 2.12. The van der Waals surface area contributed by atoms with Gasteiger partial charge >= 0.3 is 5.97 Å². The van der Waals surface area contributed by atoms with Gasteiger partial charge in [-0.25, -0.2) is 0 Å². The molecule has 0 radical (unpaired) electrons. The maximum atomic E-state index is 11.5. The molecular formula is C13H14BrNO3. The van der Waals surface area contributed by atoms with Gasteiger partial charge in [0.15, 0.2) is 0 Å². The molecule has 0 aliphatic rings. The van der Waals surface area contributed by atoms with Crippen LogP contribution in [0.1, 0.15) is 23.6 Å². The van der Waals surface area contributed by atoms with E-state index in [2.05, 4.69) is 22.0 Å². The first kappa shape index (κ1) is 14.5. The van der Waals surface area contributed by atoms with E-state index >= 15 is 0 Å². The highest BCUT2D eigenvalue weighted by molar-refractivity contribution is 9.08. The highest BCUT2D eigenvalue weighted by Gasteiger charge is 2.15. The summed E-state index contributed by atoms with van der Waals surface area (Å²) in [7, 11) is 1.51. The standard InChI is InChI=1S/C13H14BrNO3/c1-3-18-12(16)6-9-4-5-10(8-15)13(17-2)11(9)7-14/h4-5H,3,6-7H2,1-2H3. The second-order valence-electron chi connectivity index (χ2n) is 3.51. The monoisotopic (exact) mass is 311 g/mol. The number of alkyl halides is 1. The molecule has 0 atom stereocenters. The second kappa shape index (κ2) is 7.02. The van der Waals surface area contributed by atoms with Gasteiger partial charge in [-0.2, -0.15) is 5.26 Å². The average Bonchev–Trinajstić information content (AvgIpc) is 2.38. The van der Waals surface area contributed by atoms with Gasteiger partial charge in [-0.05, 0) is 18.6 Å². The number of benzene rings is 1. The van der Waals surface area contributed by atoms with Crippen molar-refractivity contribution in [3.8, 4) is 11.8 Å². The fraction of sp³-hybridized carbons (Fsp3) is 0.385. The van der Waals surface area contributed by atoms with Crippen molar-refractivity contribution in [3.05, 3.63) is 28.8 Å². The Labute approximate surface area is 115 Å². The number of carbonyl (C=O) groups is 1. The lowest BCUT2D eigenvalue weighted by molar-refractivity contribution is -0.142. The molecule has 0 heterocycles. The normalized spacial score (nSPS) is 9.67. The molecule has 0 aromatic heterocycles. The summed E-state index contributed by atoms with van der Waals surface area (Å²) in [6.07, 6.45) is 0.177. The third kappa shape index (κ3) is 3.23. The van der Waals surface area contributed by atoms with Crippen LogP contribution in [0.25, 0.3) is 0 Å².